The first-order valence-electron chi connectivity index (χ1n) is 11.2. The lowest BCUT2D eigenvalue weighted by Crippen LogP contribution is -2.34. The maximum absolute atomic E-state index is 13.3. The standard InChI is InChI=1S/C26H26N2O4/c1-4-27-12-16(20-11-19(30-3)7-8-22(20)27)10-23-24(29)21-9-17-13-28(18-5-6-18)14-31-25(17)15(2)26(21)32-23/h7-12,18H,4-6,13-14H2,1-3H3/b23-10-. The van der Waals surface area contributed by atoms with Crippen LogP contribution in [0.5, 0.6) is 17.2 Å². The molecule has 6 heteroatoms. The molecule has 1 saturated carbocycles. The van der Waals surface area contributed by atoms with E-state index in [4.69, 9.17) is 14.2 Å². The zero-order valence-electron chi connectivity index (χ0n) is 18.6. The van der Waals surface area contributed by atoms with Gasteiger partial charge in [0.2, 0.25) is 5.78 Å². The predicted molar refractivity (Wildman–Crippen MR) is 122 cm³/mol. The molecule has 0 spiro atoms. The Morgan fingerprint density at radius 1 is 1.22 bits per heavy atom. The fourth-order valence-corrected chi connectivity index (χ4v) is 4.89. The number of carbonyl (C=O) groups excluding carboxylic acids is 1. The molecule has 0 bridgehead atoms. The zero-order chi connectivity index (χ0) is 22.0. The first-order valence-corrected chi connectivity index (χ1v) is 11.2. The minimum absolute atomic E-state index is 0.0743. The molecular formula is C26H26N2O4. The Labute approximate surface area is 187 Å². The second kappa shape index (κ2) is 7.14. The minimum Gasteiger partial charge on any atom is -0.497 e. The van der Waals surface area contributed by atoms with Crippen LogP contribution in [0.2, 0.25) is 0 Å². The van der Waals surface area contributed by atoms with Gasteiger partial charge in [0.1, 0.15) is 24.0 Å². The van der Waals surface area contributed by atoms with Gasteiger partial charge in [-0.1, -0.05) is 0 Å². The molecular weight excluding hydrogens is 404 g/mol. The lowest BCUT2D eigenvalue weighted by molar-refractivity contribution is 0.0872. The van der Waals surface area contributed by atoms with Crippen LogP contribution in [-0.4, -0.2) is 35.1 Å². The van der Waals surface area contributed by atoms with Crippen molar-refractivity contribution in [3.63, 3.8) is 0 Å². The second-order valence-electron chi connectivity index (χ2n) is 8.81. The van der Waals surface area contributed by atoms with Crippen LogP contribution >= 0.6 is 0 Å². The number of carbonyl (C=O) groups is 1. The van der Waals surface area contributed by atoms with Gasteiger partial charge >= 0.3 is 0 Å². The number of methoxy groups -OCH3 is 1. The Hall–Kier alpha value is -3.25. The molecule has 1 aromatic heterocycles. The number of aryl methyl sites for hydroxylation is 1. The minimum atomic E-state index is -0.0743. The number of fused-ring (bicyclic) bond motifs is 3. The summed E-state index contributed by atoms with van der Waals surface area (Å²) in [5, 5.41) is 1.03. The van der Waals surface area contributed by atoms with Crippen molar-refractivity contribution in [2.24, 2.45) is 0 Å². The monoisotopic (exact) mass is 430 g/mol. The smallest absolute Gasteiger partial charge is 0.231 e. The number of nitrogens with zero attached hydrogens (tertiary/aromatic N) is 2. The van der Waals surface area contributed by atoms with Crippen molar-refractivity contribution in [2.45, 2.75) is 45.8 Å². The third-order valence-electron chi connectivity index (χ3n) is 6.77. The van der Waals surface area contributed by atoms with Gasteiger partial charge in [-0.3, -0.25) is 9.69 Å². The molecule has 3 aromatic rings. The number of benzene rings is 2. The van der Waals surface area contributed by atoms with E-state index in [0.717, 1.165) is 52.2 Å². The fraction of sp³-hybridized carbons (Fsp3) is 0.346. The normalized spacial score (nSPS) is 19.1. The van der Waals surface area contributed by atoms with Gasteiger partial charge in [0.05, 0.1) is 12.7 Å². The molecule has 6 nitrogen and oxygen atoms in total. The van der Waals surface area contributed by atoms with E-state index in [1.807, 2.05) is 37.3 Å². The van der Waals surface area contributed by atoms with E-state index in [9.17, 15) is 4.79 Å². The molecule has 3 heterocycles. The van der Waals surface area contributed by atoms with Gasteiger partial charge in [-0.25, -0.2) is 0 Å². The molecule has 3 aliphatic rings. The van der Waals surface area contributed by atoms with Crippen LogP contribution in [-0.2, 0) is 13.1 Å². The number of allylic oxidation sites excluding steroid dienone is 1. The fourth-order valence-electron chi connectivity index (χ4n) is 4.89. The van der Waals surface area contributed by atoms with E-state index in [-0.39, 0.29) is 5.78 Å². The molecule has 2 aromatic carbocycles. The summed E-state index contributed by atoms with van der Waals surface area (Å²) in [5.74, 6) is 2.55. The molecule has 164 valence electrons. The van der Waals surface area contributed by atoms with Crippen LogP contribution in [0.1, 0.15) is 46.8 Å². The van der Waals surface area contributed by atoms with Crippen LogP contribution in [0.15, 0.2) is 36.2 Å². The van der Waals surface area contributed by atoms with Crippen molar-refractivity contribution in [3.05, 3.63) is 58.5 Å². The van der Waals surface area contributed by atoms with E-state index in [1.165, 1.54) is 12.8 Å². The number of ketones is 1. The topological polar surface area (TPSA) is 52.9 Å². The number of Topliss-reactive ketones (excluding diaryl/α,β-unsaturated/α-hetero) is 1. The summed E-state index contributed by atoms with van der Waals surface area (Å²) in [7, 11) is 1.66. The Morgan fingerprint density at radius 3 is 2.81 bits per heavy atom. The van der Waals surface area contributed by atoms with Crippen LogP contribution in [0.25, 0.3) is 17.0 Å². The molecule has 1 fully saturated rings. The van der Waals surface area contributed by atoms with Gasteiger partial charge in [0.15, 0.2) is 5.76 Å². The summed E-state index contributed by atoms with van der Waals surface area (Å²) in [4.78, 5) is 15.7. The number of hydrogen-bond acceptors (Lipinski definition) is 5. The summed E-state index contributed by atoms with van der Waals surface area (Å²) < 4.78 is 19.8. The van der Waals surface area contributed by atoms with E-state index in [2.05, 4.69) is 22.6 Å². The van der Waals surface area contributed by atoms with Crippen molar-refractivity contribution >= 4 is 22.8 Å². The van der Waals surface area contributed by atoms with Crippen LogP contribution in [0, 0.1) is 6.92 Å². The highest BCUT2D eigenvalue weighted by Crippen LogP contribution is 2.44. The Morgan fingerprint density at radius 2 is 2.06 bits per heavy atom. The van der Waals surface area contributed by atoms with Gasteiger partial charge in [-0.15, -0.1) is 0 Å². The van der Waals surface area contributed by atoms with Gasteiger partial charge in [0, 0.05) is 52.9 Å². The second-order valence-corrected chi connectivity index (χ2v) is 8.81. The van der Waals surface area contributed by atoms with E-state index in [0.29, 0.717) is 29.8 Å². The average molecular weight is 431 g/mol. The van der Waals surface area contributed by atoms with Crippen molar-refractivity contribution in [2.75, 3.05) is 13.8 Å². The predicted octanol–water partition coefficient (Wildman–Crippen LogP) is 4.91. The number of ether oxygens (including phenoxy) is 3. The molecule has 1 aliphatic carbocycles. The molecule has 0 N–H and O–H groups in total. The lowest BCUT2D eigenvalue weighted by Gasteiger charge is -2.30. The third kappa shape index (κ3) is 2.93. The largest absolute Gasteiger partial charge is 0.497 e. The van der Waals surface area contributed by atoms with Crippen molar-refractivity contribution in [1.82, 2.24) is 9.47 Å². The quantitative estimate of drug-likeness (QED) is 0.551. The maximum atomic E-state index is 13.3. The molecule has 0 unspecified atom stereocenters. The summed E-state index contributed by atoms with van der Waals surface area (Å²) in [6.07, 6.45) is 6.37. The van der Waals surface area contributed by atoms with Crippen molar-refractivity contribution in [3.8, 4) is 17.2 Å². The Bertz CT molecular complexity index is 1300. The summed E-state index contributed by atoms with van der Waals surface area (Å²) >= 11 is 0. The summed E-state index contributed by atoms with van der Waals surface area (Å²) in [6, 6.07) is 8.59. The molecule has 32 heavy (non-hydrogen) atoms. The number of aromatic nitrogens is 1. The highest BCUT2D eigenvalue weighted by atomic mass is 16.5. The third-order valence-corrected chi connectivity index (χ3v) is 6.77. The van der Waals surface area contributed by atoms with Gasteiger partial charge in [-0.2, -0.15) is 0 Å². The molecule has 0 saturated heterocycles. The molecule has 2 aliphatic heterocycles. The Kier molecular flexibility index (Phi) is 4.33. The van der Waals surface area contributed by atoms with Crippen LogP contribution in [0.4, 0.5) is 0 Å². The van der Waals surface area contributed by atoms with Gasteiger partial charge in [-0.05, 0) is 57.0 Å². The lowest BCUT2D eigenvalue weighted by atomic mass is 10.00. The van der Waals surface area contributed by atoms with Crippen LogP contribution < -0.4 is 14.2 Å². The van der Waals surface area contributed by atoms with Gasteiger partial charge in [0.25, 0.3) is 0 Å². The maximum Gasteiger partial charge on any atom is 0.231 e. The van der Waals surface area contributed by atoms with E-state index >= 15 is 0 Å². The van der Waals surface area contributed by atoms with Crippen molar-refractivity contribution < 1.29 is 19.0 Å². The van der Waals surface area contributed by atoms with Gasteiger partial charge < -0.3 is 18.8 Å². The average Bonchev–Trinajstić information content (AvgIpc) is 3.55. The molecule has 0 amide bonds. The first kappa shape index (κ1) is 19.4. The van der Waals surface area contributed by atoms with E-state index in [1.54, 1.807) is 7.11 Å². The number of hydrogen-bond donors (Lipinski definition) is 0. The van der Waals surface area contributed by atoms with E-state index < -0.39 is 0 Å². The van der Waals surface area contributed by atoms with Crippen LogP contribution in [0.3, 0.4) is 0 Å². The highest BCUT2D eigenvalue weighted by Gasteiger charge is 2.37. The summed E-state index contributed by atoms with van der Waals surface area (Å²) in [5.41, 5.74) is 4.65. The SMILES string of the molecule is CCn1cc(/C=C2\Oc3c(cc4c(c3C)OCN(C3CC3)C4)C2=O)c2cc(OC)ccc21. The molecule has 0 radical (unpaired) electrons. The molecule has 0 atom stereocenters. The zero-order valence-corrected chi connectivity index (χ0v) is 18.6. The Balaban J connectivity index is 1.40. The highest BCUT2D eigenvalue weighted by molar-refractivity contribution is 6.15. The number of rotatable bonds is 4. The molecule has 6 rings (SSSR count). The summed E-state index contributed by atoms with van der Waals surface area (Å²) in [6.45, 7) is 6.35. The first-order chi connectivity index (χ1) is 15.6. The van der Waals surface area contributed by atoms with Crippen molar-refractivity contribution in [1.29, 1.82) is 0 Å².